The number of anilines is 1. The van der Waals surface area contributed by atoms with E-state index < -0.39 is 10.0 Å². The van der Waals surface area contributed by atoms with Crippen LogP contribution in [0.25, 0.3) is 0 Å². The van der Waals surface area contributed by atoms with Gasteiger partial charge in [-0.1, -0.05) is 11.6 Å². The molecule has 1 N–H and O–H groups in total. The van der Waals surface area contributed by atoms with Gasteiger partial charge in [0.15, 0.2) is 0 Å². The topological polar surface area (TPSA) is 72.0 Å². The van der Waals surface area contributed by atoms with Gasteiger partial charge in [-0.3, -0.25) is 9.71 Å². The van der Waals surface area contributed by atoms with E-state index in [9.17, 15) is 8.42 Å². The van der Waals surface area contributed by atoms with Gasteiger partial charge in [0.05, 0.1) is 16.8 Å². The van der Waals surface area contributed by atoms with Crippen LogP contribution < -0.4 is 4.72 Å². The average molecular weight is 349 g/mol. The fourth-order valence-corrected chi connectivity index (χ4v) is 2.88. The van der Waals surface area contributed by atoms with E-state index in [1.165, 1.54) is 24.5 Å². The van der Waals surface area contributed by atoms with Crippen LogP contribution in [0.15, 0.2) is 46.2 Å². The Morgan fingerprint density at radius 1 is 1.28 bits per heavy atom. The van der Waals surface area contributed by atoms with E-state index in [2.05, 4.69) is 30.6 Å². The Labute approximate surface area is 117 Å². The molecule has 0 aliphatic heterocycles. The molecular weight excluding hydrogens is 342 g/mol. The second-order valence-electron chi connectivity index (χ2n) is 3.31. The summed E-state index contributed by atoms with van der Waals surface area (Å²) in [5.74, 6) is 0. The van der Waals surface area contributed by atoms with Gasteiger partial charge in [0, 0.05) is 16.9 Å². The molecule has 94 valence electrons. The molecule has 0 unspecified atom stereocenters. The Kier molecular flexibility index (Phi) is 3.84. The molecule has 5 nitrogen and oxygen atoms in total. The van der Waals surface area contributed by atoms with Crippen molar-refractivity contribution in [2.75, 3.05) is 4.72 Å². The molecule has 0 bridgehead atoms. The molecule has 0 amide bonds. The van der Waals surface area contributed by atoms with Gasteiger partial charge in [0.1, 0.15) is 5.15 Å². The minimum absolute atomic E-state index is 0.0440. The lowest BCUT2D eigenvalue weighted by atomic mass is 10.4. The number of hydrogen-bond donors (Lipinski definition) is 1. The highest BCUT2D eigenvalue weighted by Crippen LogP contribution is 2.19. The van der Waals surface area contributed by atoms with Crippen LogP contribution in [0.3, 0.4) is 0 Å². The molecule has 2 aromatic heterocycles. The first-order valence-electron chi connectivity index (χ1n) is 4.72. The third-order valence-corrected chi connectivity index (χ3v) is 3.98. The van der Waals surface area contributed by atoms with E-state index in [1.54, 1.807) is 12.3 Å². The summed E-state index contributed by atoms with van der Waals surface area (Å²) in [6.45, 7) is 0. The third-order valence-electron chi connectivity index (χ3n) is 1.97. The van der Waals surface area contributed by atoms with Crippen molar-refractivity contribution >= 4 is 43.2 Å². The van der Waals surface area contributed by atoms with Crippen molar-refractivity contribution in [2.24, 2.45) is 0 Å². The molecule has 0 aliphatic carbocycles. The summed E-state index contributed by atoms with van der Waals surface area (Å²) >= 11 is 8.87. The minimum atomic E-state index is -3.69. The predicted octanol–water partition coefficient (Wildman–Crippen LogP) is 2.69. The summed E-state index contributed by atoms with van der Waals surface area (Å²) < 4.78 is 27.1. The van der Waals surface area contributed by atoms with Crippen LogP contribution in [0.5, 0.6) is 0 Å². The quantitative estimate of drug-likeness (QED) is 0.866. The summed E-state index contributed by atoms with van der Waals surface area (Å²) in [7, 11) is -3.69. The number of nitrogens with one attached hydrogen (secondary N) is 1. The average Bonchev–Trinajstić information content (AvgIpc) is 2.28. The van der Waals surface area contributed by atoms with Gasteiger partial charge in [0.25, 0.3) is 10.0 Å². The first-order chi connectivity index (χ1) is 8.47. The van der Waals surface area contributed by atoms with Gasteiger partial charge < -0.3 is 0 Å². The first-order valence-corrected chi connectivity index (χ1v) is 7.38. The SMILES string of the molecule is O=S(=O)(Nc1cncc(Br)c1)c1ccnc(Cl)c1. The molecule has 0 atom stereocenters. The van der Waals surface area contributed by atoms with Crippen molar-refractivity contribution in [3.8, 4) is 0 Å². The molecule has 0 spiro atoms. The van der Waals surface area contributed by atoms with Crippen LogP contribution in [0, 0.1) is 0 Å². The number of rotatable bonds is 3. The maximum atomic E-state index is 12.0. The second kappa shape index (κ2) is 5.21. The second-order valence-corrected chi connectivity index (χ2v) is 6.30. The number of halogens is 2. The van der Waals surface area contributed by atoms with Crippen LogP contribution in [0.2, 0.25) is 5.15 Å². The van der Waals surface area contributed by atoms with E-state index in [0.717, 1.165) is 0 Å². The number of aromatic nitrogens is 2. The highest BCUT2D eigenvalue weighted by Gasteiger charge is 2.15. The largest absolute Gasteiger partial charge is 0.278 e. The zero-order valence-corrected chi connectivity index (χ0v) is 12.0. The molecule has 0 radical (unpaired) electrons. The minimum Gasteiger partial charge on any atom is -0.278 e. The highest BCUT2D eigenvalue weighted by molar-refractivity contribution is 9.10. The number of pyridine rings is 2. The molecule has 0 saturated carbocycles. The summed E-state index contributed by atoms with van der Waals surface area (Å²) in [4.78, 5) is 7.64. The van der Waals surface area contributed by atoms with E-state index in [0.29, 0.717) is 10.2 Å². The van der Waals surface area contributed by atoms with Gasteiger partial charge in [-0.2, -0.15) is 0 Å². The first kappa shape index (κ1) is 13.3. The third kappa shape index (κ3) is 3.18. The zero-order valence-electron chi connectivity index (χ0n) is 8.84. The number of sulfonamides is 1. The molecule has 0 aliphatic rings. The van der Waals surface area contributed by atoms with Crippen LogP contribution in [0.4, 0.5) is 5.69 Å². The van der Waals surface area contributed by atoms with Crippen molar-refractivity contribution in [2.45, 2.75) is 4.90 Å². The lowest BCUT2D eigenvalue weighted by Gasteiger charge is -2.07. The van der Waals surface area contributed by atoms with E-state index >= 15 is 0 Å². The maximum Gasteiger partial charge on any atom is 0.262 e. The Morgan fingerprint density at radius 2 is 2.06 bits per heavy atom. The number of nitrogens with zero attached hydrogens (tertiary/aromatic N) is 2. The molecule has 0 aromatic carbocycles. The Morgan fingerprint density at radius 3 is 2.72 bits per heavy atom. The fourth-order valence-electron chi connectivity index (χ4n) is 1.23. The van der Waals surface area contributed by atoms with Crippen molar-refractivity contribution in [1.29, 1.82) is 0 Å². The summed E-state index contributed by atoms with van der Waals surface area (Å²) in [6, 6.07) is 4.24. The Balaban J connectivity index is 2.33. The molecule has 2 heterocycles. The van der Waals surface area contributed by atoms with Crippen molar-refractivity contribution in [1.82, 2.24) is 9.97 Å². The maximum absolute atomic E-state index is 12.0. The fraction of sp³-hybridized carbons (Fsp3) is 0. The molecule has 0 fully saturated rings. The molecular formula is C10H7BrClN3O2S. The van der Waals surface area contributed by atoms with Gasteiger partial charge in [-0.05, 0) is 34.1 Å². The molecule has 8 heteroatoms. The lowest BCUT2D eigenvalue weighted by molar-refractivity contribution is 0.601. The van der Waals surface area contributed by atoms with Crippen LogP contribution in [-0.4, -0.2) is 18.4 Å². The van der Waals surface area contributed by atoms with E-state index in [-0.39, 0.29) is 10.0 Å². The van der Waals surface area contributed by atoms with Gasteiger partial charge in [0.2, 0.25) is 0 Å². The molecule has 2 aromatic rings. The van der Waals surface area contributed by atoms with Crippen molar-refractivity contribution < 1.29 is 8.42 Å². The van der Waals surface area contributed by atoms with Crippen LogP contribution >= 0.6 is 27.5 Å². The monoisotopic (exact) mass is 347 g/mol. The van der Waals surface area contributed by atoms with Crippen molar-refractivity contribution in [3.05, 3.63) is 46.4 Å². The van der Waals surface area contributed by atoms with Gasteiger partial charge in [-0.15, -0.1) is 0 Å². The number of hydrogen-bond acceptors (Lipinski definition) is 4. The molecule has 18 heavy (non-hydrogen) atoms. The van der Waals surface area contributed by atoms with Gasteiger partial charge >= 0.3 is 0 Å². The normalized spacial score (nSPS) is 11.2. The zero-order chi connectivity index (χ0) is 13.2. The predicted molar refractivity (Wildman–Crippen MR) is 72.0 cm³/mol. The Bertz CT molecular complexity index is 678. The smallest absolute Gasteiger partial charge is 0.262 e. The molecule has 2 rings (SSSR count). The lowest BCUT2D eigenvalue weighted by Crippen LogP contribution is -2.13. The van der Waals surface area contributed by atoms with E-state index in [4.69, 9.17) is 11.6 Å². The summed E-state index contributed by atoms with van der Waals surface area (Å²) in [6.07, 6.45) is 4.29. The van der Waals surface area contributed by atoms with Crippen LogP contribution in [0.1, 0.15) is 0 Å². The summed E-state index contributed by atoms with van der Waals surface area (Å²) in [5, 5.41) is 0.116. The molecule has 0 saturated heterocycles. The van der Waals surface area contributed by atoms with Crippen LogP contribution in [-0.2, 0) is 10.0 Å². The standard InChI is InChI=1S/C10H7BrClN3O2S/c11-7-3-8(6-13-5-7)15-18(16,17)9-1-2-14-10(12)4-9/h1-6,15H. The van der Waals surface area contributed by atoms with E-state index in [1.807, 2.05) is 0 Å². The van der Waals surface area contributed by atoms with Gasteiger partial charge in [-0.25, -0.2) is 13.4 Å². The Hall–Kier alpha value is -1.18. The highest BCUT2D eigenvalue weighted by atomic mass is 79.9. The summed E-state index contributed by atoms with van der Waals surface area (Å²) in [5.41, 5.74) is 0.359. The van der Waals surface area contributed by atoms with Crippen molar-refractivity contribution in [3.63, 3.8) is 0 Å².